The monoisotopic (exact) mass is 306 g/mol. The van der Waals surface area contributed by atoms with E-state index in [2.05, 4.69) is 28.6 Å². The summed E-state index contributed by atoms with van der Waals surface area (Å²) in [6, 6.07) is 21.9. The molecule has 1 aliphatic heterocycles. The third-order valence-corrected chi connectivity index (χ3v) is 3.97. The Morgan fingerprint density at radius 3 is 2.55 bits per heavy atom. The first-order valence-corrected chi connectivity index (χ1v) is 7.42. The zero-order valence-corrected chi connectivity index (χ0v) is 12.4. The molecule has 0 aliphatic carbocycles. The number of halogens is 1. The van der Waals surface area contributed by atoms with Crippen molar-refractivity contribution in [3.8, 4) is 0 Å². The van der Waals surface area contributed by atoms with Gasteiger partial charge in [-0.3, -0.25) is 15.1 Å². The average Bonchev–Trinajstić information content (AvgIpc) is 3.05. The Balaban J connectivity index is 1.73. The fourth-order valence-electron chi connectivity index (χ4n) is 2.62. The van der Waals surface area contributed by atoms with Crippen molar-refractivity contribution in [3.05, 3.63) is 77.3 Å². The molecular weight excluding hydrogens is 294 g/mol. The number of fused-ring (bicyclic) bond motifs is 1. The maximum absolute atomic E-state index is 5.92. The zero-order valence-electron chi connectivity index (χ0n) is 11.7. The second-order valence-electron chi connectivity index (χ2n) is 5.13. The van der Waals surface area contributed by atoms with Gasteiger partial charge in [-0.15, -0.1) is 0 Å². The van der Waals surface area contributed by atoms with E-state index >= 15 is 0 Å². The summed E-state index contributed by atoms with van der Waals surface area (Å²) < 4.78 is 5.66. The molecule has 4 rings (SSSR count). The van der Waals surface area contributed by atoms with E-state index in [1.165, 1.54) is 5.39 Å². The van der Waals surface area contributed by atoms with Gasteiger partial charge in [0.2, 0.25) is 0 Å². The van der Waals surface area contributed by atoms with Crippen molar-refractivity contribution in [2.24, 2.45) is 4.90 Å². The van der Waals surface area contributed by atoms with Gasteiger partial charge in [0.15, 0.2) is 0 Å². The summed E-state index contributed by atoms with van der Waals surface area (Å²) in [4.78, 5) is 4.65. The van der Waals surface area contributed by atoms with Gasteiger partial charge in [-0.25, -0.2) is 0 Å². The maximum Gasteiger partial charge on any atom is 0.497 e. The zero-order chi connectivity index (χ0) is 14.9. The Morgan fingerprint density at radius 2 is 1.68 bits per heavy atom. The molecule has 1 aliphatic rings. The fraction of sp³-hybridized carbons (Fsp3) is 0. The van der Waals surface area contributed by atoms with Gasteiger partial charge in [-0.1, -0.05) is 54.1 Å². The third-order valence-electron chi connectivity index (χ3n) is 3.72. The standard InChI is InChI=1S/C17H12BClN2O/c19-14-10-8-13(9-11-14)17-20-18(22-21-17)16-7-3-5-12-4-1-2-6-15(12)16/h1-11H,(H,20,21). The molecule has 0 atom stereocenters. The minimum atomic E-state index is -0.350. The minimum Gasteiger partial charge on any atom is -0.300 e. The first-order valence-electron chi connectivity index (χ1n) is 7.04. The number of rotatable bonds is 2. The molecule has 3 aromatic carbocycles. The Bertz CT molecular complexity index is 859. The number of benzene rings is 3. The molecule has 0 spiro atoms. The highest BCUT2D eigenvalue weighted by Crippen LogP contribution is 2.15. The lowest BCUT2D eigenvalue weighted by Gasteiger charge is -2.06. The van der Waals surface area contributed by atoms with E-state index in [0.717, 1.165) is 22.2 Å². The normalized spacial score (nSPS) is 14.0. The molecular formula is C17H12BClN2O. The summed E-state index contributed by atoms with van der Waals surface area (Å²) in [7, 11) is -0.350. The molecule has 0 aromatic heterocycles. The number of hydrogen-bond acceptors (Lipinski definition) is 3. The van der Waals surface area contributed by atoms with Crippen molar-refractivity contribution in [1.82, 2.24) is 5.48 Å². The molecule has 1 heterocycles. The van der Waals surface area contributed by atoms with Crippen LogP contribution < -0.4 is 10.9 Å². The van der Waals surface area contributed by atoms with Crippen LogP contribution in [0, 0.1) is 0 Å². The SMILES string of the molecule is Clc1ccc(C2=NB(c3cccc4ccccc34)ON2)cc1. The van der Waals surface area contributed by atoms with Gasteiger partial charge in [0.25, 0.3) is 0 Å². The topological polar surface area (TPSA) is 33.6 Å². The van der Waals surface area contributed by atoms with Gasteiger partial charge < -0.3 is 0 Å². The second-order valence-corrected chi connectivity index (χ2v) is 5.56. The summed E-state index contributed by atoms with van der Waals surface area (Å²) in [5, 5.41) is 3.03. The predicted molar refractivity (Wildman–Crippen MR) is 91.5 cm³/mol. The van der Waals surface area contributed by atoms with E-state index in [0.29, 0.717) is 5.02 Å². The van der Waals surface area contributed by atoms with Gasteiger partial charge in [0, 0.05) is 10.6 Å². The number of hydrogen-bond donors (Lipinski definition) is 1. The van der Waals surface area contributed by atoms with Gasteiger partial charge in [0.1, 0.15) is 5.84 Å². The minimum absolute atomic E-state index is 0.350. The van der Waals surface area contributed by atoms with Crippen LogP contribution in [0.2, 0.25) is 5.02 Å². The lowest BCUT2D eigenvalue weighted by Crippen LogP contribution is -2.32. The number of nitrogens with zero attached hydrogens (tertiary/aromatic N) is 1. The molecule has 0 bridgehead atoms. The van der Waals surface area contributed by atoms with Crippen molar-refractivity contribution in [1.29, 1.82) is 0 Å². The van der Waals surface area contributed by atoms with Crippen LogP contribution in [0.15, 0.2) is 71.6 Å². The first kappa shape index (κ1) is 13.4. The summed E-state index contributed by atoms with van der Waals surface area (Å²) in [5.74, 6) is 0.717. The molecule has 22 heavy (non-hydrogen) atoms. The van der Waals surface area contributed by atoms with Crippen LogP contribution in [0.5, 0.6) is 0 Å². The van der Waals surface area contributed by atoms with Crippen molar-refractivity contribution in [2.75, 3.05) is 0 Å². The van der Waals surface area contributed by atoms with E-state index < -0.39 is 0 Å². The Hall–Kier alpha value is -2.30. The second kappa shape index (κ2) is 5.48. The molecule has 3 aromatic rings. The molecule has 5 heteroatoms. The molecule has 0 saturated carbocycles. The molecule has 0 amide bonds. The fourth-order valence-corrected chi connectivity index (χ4v) is 2.75. The average molecular weight is 307 g/mol. The van der Waals surface area contributed by atoms with E-state index in [1.807, 2.05) is 48.5 Å². The molecule has 106 valence electrons. The highest BCUT2D eigenvalue weighted by Gasteiger charge is 2.28. The summed E-state index contributed by atoms with van der Waals surface area (Å²) >= 11 is 5.92. The third kappa shape index (κ3) is 2.37. The molecule has 1 N–H and O–H groups in total. The van der Waals surface area contributed by atoms with Crippen LogP contribution in [-0.4, -0.2) is 12.9 Å². The van der Waals surface area contributed by atoms with E-state index in [1.54, 1.807) is 0 Å². The highest BCUT2D eigenvalue weighted by molar-refractivity contribution is 6.70. The van der Waals surface area contributed by atoms with Crippen molar-refractivity contribution in [2.45, 2.75) is 0 Å². The lowest BCUT2D eigenvalue weighted by molar-refractivity contribution is 0.284. The smallest absolute Gasteiger partial charge is 0.300 e. The highest BCUT2D eigenvalue weighted by atomic mass is 35.5. The summed E-state index contributed by atoms with van der Waals surface area (Å²) in [5.41, 5.74) is 4.91. The van der Waals surface area contributed by atoms with Crippen LogP contribution in [-0.2, 0) is 4.76 Å². The van der Waals surface area contributed by atoms with E-state index in [9.17, 15) is 0 Å². The Labute approximate surface area is 133 Å². The van der Waals surface area contributed by atoms with Crippen molar-refractivity contribution < 1.29 is 4.76 Å². The maximum atomic E-state index is 5.92. The van der Waals surface area contributed by atoms with Crippen LogP contribution in [0.25, 0.3) is 10.8 Å². The van der Waals surface area contributed by atoms with Gasteiger partial charge in [0.05, 0.1) is 0 Å². The molecule has 0 saturated heterocycles. The van der Waals surface area contributed by atoms with Crippen LogP contribution in [0.1, 0.15) is 5.56 Å². The number of amidine groups is 1. The van der Waals surface area contributed by atoms with Crippen molar-refractivity contribution >= 4 is 40.7 Å². The van der Waals surface area contributed by atoms with Crippen LogP contribution in [0.3, 0.4) is 0 Å². The molecule has 0 unspecified atom stereocenters. The summed E-state index contributed by atoms with van der Waals surface area (Å²) in [6.07, 6.45) is 0. The van der Waals surface area contributed by atoms with E-state index in [4.69, 9.17) is 16.4 Å². The van der Waals surface area contributed by atoms with E-state index in [-0.39, 0.29) is 7.05 Å². The molecule has 0 fully saturated rings. The van der Waals surface area contributed by atoms with Crippen LogP contribution in [0.4, 0.5) is 0 Å². The van der Waals surface area contributed by atoms with Crippen molar-refractivity contribution in [3.63, 3.8) is 0 Å². The van der Waals surface area contributed by atoms with Crippen LogP contribution >= 0.6 is 11.6 Å². The van der Waals surface area contributed by atoms with Gasteiger partial charge >= 0.3 is 7.05 Å². The summed E-state index contributed by atoms with van der Waals surface area (Å²) in [6.45, 7) is 0. The number of hydroxylamine groups is 1. The Kier molecular flexibility index (Phi) is 3.33. The Morgan fingerprint density at radius 1 is 0.909 bits per heavy atom. The largest absolute Gasteiger partial charge is 0.497 e. The molecule has 3 nitrogen and oxygen atoms in total. The predicted octanol–water partition coefficient (Wildman–Crippen LogP) is 3.17. The van der Waals surface area contributed by atoms with Gasteiger partial charge in [-0.2, -0.15) is 0 Å². The first-order chi connectivity index (χ1) is 10.8. The molecule has 0 radical (unpaired) electrons. The quantitative estimate of drug-likeness (QED) is 0.738. The lowest BCUT2D eigenvalue weighted by atomic mass is 9.72. The number of nitrogens with one attached hydrogen (secondary N) is 1. The van der Waals surface area contributed by atoms with Gasteiger partial charge in [-0.05, 0) is 40.5 Å².